The standard InChI is InChI=1S/C11H21NO2/c1-13-7-3-2-6-12-10-8-9-4-5-11(10)14-9/h9-12H,2-8H2,1H3. The number of rotatable bonds is 6. The van der Waals surface area contributed by atoms with E-state index in [0.29, 0.717) is 18.2 Å². The lowest BCUT2D eigenvalue weighted by molar-refractivity contribution is 0.0973. The van der Waals surface area contributed by atoms with Crippen LogP contribution in [-0.4, -0.2) is 38.5 Å². The van der Waals surface area contributed by atoms with Gasteiger partial charge >= 0.3 is 0 Å². The van der Waals surface area contributed by atoms with Crippen molar-refractivity contribution in [3.05, 3.63) is 0 Å². The molecule has 2 rings (SSSR count). The summed E-state index contributed by atoms with van der Waals surface area (Å²) >= 11 is 0. The Morgan fingerprint density at radius 3 is 2.93 bits per heavy atom. The van der Waals surface area contributed by atoms with E-state index < -0.39 is 0 Å². The SMILES string of the molecule is COCCCCNC1CC2CCC1O2. The molecule has 2 bridgehead atoms. The summed E-state index contributed by atoms with van der Waals surface area (Å²) in [4.78, 5) is 0. The molecule has 3 nitrogen and oxygen atoms in total. The molecular formula is C11H21NO2. The lowest BCUT2D eigenvalue weighted by atomic mass is 9.95. The van der Waals surface area contributed by atoms with E-state index >= 15 is 0 Å². The molecule has 2 fully saturated rings. The average molecular weight is 199 g/mol. The highest BCUT2D eigenvalue weighted by molar-refractivity contribution is 4.93. The summed E-state index contributed by atoms with van der Waals surface area (Å²) < 4.78 is 10.8. The molecule has 0 amide bonds. The molecule has 0 aliphatic carbocycles. The quantitative estimate of drug-likeness (QED) is 0.654. The molecule has 2 aliphatic heterocycles. The minimum atomic E-state index is 0.516. The van der Waals surface area contributed by atoms with Crippen LogP contribution in [0.5, 0.6) is 0 Å². The summed E-state index contributed by atoms with van der Waals surface area (Å²) in [6, 6.07) is 0.635. The van der Waals surface area contributed by atoms with E-state index in [1.807, 2.05) is 0 Å². The summed E-state index contributed by atoms with van der Waals surface area (Å²) in [5, 5.41) is 3.59. The zero-order valence-electron chi connectivity index (χ0n) is 9.00. The summed E-state index contributed by atoms with van der Waals surface area (Å²) in [6.07, 6.45) is 7.23. The summed E-state index contributed by atoms with van der Waals surface area (Å²) in [5.41, 5.74) is 0. The van der Waals surface area contributed by atoms with Crippen molar-refractivity contribution in [2.75, 3.05) is 20.3 Å². The second kappa shape index (κ2) is 5.10. The molecule has 14 heavy (non-hydrogen) atoms. The Labute approximate surface area is 86.2 Å². The van der Waals surface area contributed by atoms with Crippen LogP contribution in [0.3, 0.4) is 0 Å². The molecule has 0 aromatic carbocycles. The van der Waals surface area contributed by atoms with Crippen LogP contribution in [0.25, 0.3) is 0 Å². The second-order valence-corrected chi connectivity index (χ2v) is 4.37. The van der Waals surface area contributed by atoms with Crippen molar-refractivity contribution >= 4 is 0 Å². The lowest BCUT2D eigenvalue weighted by Gasteiger charge is -2.19. The zero-order valence-corrected chi connectivity index (χ0v) is 9.00. The topological polar surface area (TPSA) is 30.5 Å². The normalized spacial score (nSPS) is 35.4. The average Bonchev–Trinajstić information content (AvgIpc) is 2.79. The Morgan fingerprint density at radius 1 is 1.36 bits per heavy atom. The Hall–Kier alpha value is -0.120. The van der Waals surface area contributed by atoms with Crippen LogP contribution in [0.15, 0.2) is 0 Å². The smallest absolute Gasteiger partial charge is 0.0733 e. The molecule has 3 unspecified atom stereocenters. The first-order valence-corrected chi connectivity index (χ1v) is 5.78. The van der Waals surface area contributed by atoms with Gasteiger partial charge in [-0.2, -0.15) is 0 Å². The second-order valence-electron chi connectivity index (χ2n) is 4.37. The fourth-order valence-corrected chi connectivity index (χ4v) is 2.51. The minimum Gasteiger partial charge on any atom is -0.385 e. The molecule has 0 aromatic rings. The van der Waals surface area contributed by atoms with Crippen LogP contribution in [-0.2, 0) is 9.47 Å². The van der Waals surface area contributed by atoms with Gasteiger partial charge in [-0.15, -0.1) is 0 Å². The molecular weight excluding hydrogens is 178 g/mol. The molecule has 0 aromatic heterocycles. The van der Waals surface area contributed by atoms with Crippen molar-refractivity contribution in [2.24, 2.45) is 0 Å². The first-order valence-electron chi connectivity index (χ1n) is 5.78. The van der Waals surface area contributed by atoms with E-state index in [-0.39, 0.29) is 0 Å². The van der Waals surface area contributed by atoms with Crippen LogP contribution in [0.2, 0.25) is 0 Å². The Morgan fingerprint density at radius 2 is 2.29 bits per heavy atom. The highest BCUT2D eigenvalue weighted by atomic mass is 16.5. The van der Waals surface area contributed by atoms with Crippen molar-refractivity contribution in [3.8, 4) is 0 Å². The molecule has 0 radical (unpaired) electrons. The van der Waals surface area contributed by atoms with Gasteiger partial charge in [-0.05, 0) is 38.6 Å². The predicted octanol–water partition coefficient (Wildman–Crippen LogP) is 1.32. The molecule has 1 N–H and O–H groups in total. The number of ether oxygens (including phenoxy) is 2. The van der Waals surface area contributed by atoms with Gasteiger partial charge in [0.15, 0.2) is 0 Å². The van der Waals surface area contributed by atoms with Gasteiger partial charge in [0.2, 0.25) is 0 Å². The Bertz CT molecular complexity index is 175. The van der Waals surface area contributed by atoms with Crippen LogP contribution in [0.4, 0.5) is 0 Å². The number of hydrogen-bond acceptors (Lipinski definition) is 3. The monoisotopic (exact) mass is 199 g/mol. The number of nitrogens with one attached hydrogen (secondary N) is 1. The largest absolute Gasteiger partial charge is 0.385 e. The van der Waals surface area contributed by atoms with Crippen molar-refractivity contribution in [2.45, 2.75) is 50.4 Å². The third-order valence-electron chi connectivity index (χ3n) is 3.29. The zero-order chi connectivity index (χ0) is 9.80. The highest BCUT2D eigenvalue weighted by Gasteiger charge is 2.40. The van der Waals surface area contributed by atoms with Crippen LogP contribution in [0, 0.1) is 0 Å². The van der Waals surface area contributed by atoms with Crippen LogP contribution in [0.1, 0.15) is 32.1 Å². The highest BCUT2D eigenvalue weighted by Crippen LogP contribution is 2.34. The maximum absolute atomic E-state index is 5.78. The van der Waals surface area contributed by atoms with Gasteiger partial charge in [0, 0.05) is 19.8 Å². The van der Waals surface area contributed by atoms with E-state index in [9.17, 15) is 0 Å². The fraction of sp³-hybridized carbons (Fsp3) is 1.00. The maximum Gasteiger partial charge on any atom is 0.0733 e. The predicted molar refractivity (Wildman–Crippen MR) is 55.4 cm³/mol. The maximum atomic E-state index is 5.78. The van der Waals surface area contributed by atoms with Gasteiger partial charge in [0.25, 0.3) is 0 Å². The molecule has 3 heteroatoms. The van der Waals surface area contributed by atoms with Gasteiger partial charge in [0.1, 0.15) is 0 Å². The number of methoxy groups -OCH3 is 1. The Kier molecular flexibility index (Phi) is 3.79. The summed E-state index contributed by atoms with van der Waals surface area (Å²) in [6.45, 7) is 2.00. The van der Waals surface area contributed by atoms with E-state index in [2.05, 4.69) is 5.32 Å². The van der Waals surface area contributed by atoms with Gasteiger partial charge in [-0.1, -0.05) is 0 Å². The molecule has 2 aliphatic rings. The van der Waals surface area contributed by atoms with E-state index in [4.69, 9.17) is 9.47 Å². The third kappa shape index (κ3) is 2.47. The minimum absolute atomic E-state index is 0.516. The first-order chi connectivity index (χ1) is 6.90. The van der Waals surface area contributed by atoms with Crippen molar-refractivity contribution < 1.29 is 9.47 Å². The van der Waals surface area contributed by atoms with Gasteiger partial charge in [-0.25, -0.2) is 0 Å². The van der Waals surface area contributed by atoms with Gasteiger partial charge < -0.3 is 14.8 Å². The number of hydrogen-bond donors (Lipinski definition) is 1. The molecule has 0 spiro atoms. The van der Waals surface area contributed by atoms with E-state index in [1.54, 1.807) is 7.11 Å². The van der Waals surface area contributed by atoms with Crippen LogP contribution >= 0.6 is 0 Å². The van der Waals surface area contributed by atoms with Crippen molar-refractivity contribution in [3.63, 3.8) is 0 Å². The summed E-state index contributed by atoms with van der Waals surface area (Å²) in [5.74, 6) is 0. The van der Waals surface area contributed by atoms with Crippen molar-refractivity contribution in [1.82, 2.24) is 5.32 Å². The Balaban J connectivity index is 1.54. The van der Waals surface area contributed by atoms with E-state index in [0.717, 1.165) is 19.6 Å². The first kappa shape index (κ1) is 10.4. The summed E-state index contributed by atoms with van der Waals surface area (Å²) in [7, 11) is 1.76. The molecule has 82 valence electrons. The number of unbranched alkanes of at least 4 members (excludes halogenated alkanes) is 1. The molecule has 2 heterocycles. The molecule has 2 saturated heterocycles. The van der Waals surface area contributed by atoms with E-state index in [1.165, 1.54) is 25.7 Å². The van der Waals surface area contributed by atoms with Gasteiger partial charge in [-0.3, -0.25) is 0 Å². The van der Waals surface area contributed by atoms with Crippen molar-refractivity contribution in [1.29, 1.82) is 0 Å². The third-order valence-corrected chi connectivity index (χ3v) is 3.29. The number of fused-ring (bicyclic) bond motifs is 2. The fourth-order valence-electron chi connectivity index (χ4n) is 2.51. The molecule has 3 atom stereocenters. The van der Waals surface area contributed by atoms with Gasteiger partial charge in [0.05, 0.1) is 12.2 Å². The molecule has 0 saturated carbocycles. The lowest BCUT2D eigenvalue weighted by Crippen LogP contribution is -2.38. The van der Waals surface area contributed by atoms with Crippen LogP contribution < -0.4 is 5.32 Å².